The summed E-state index contributed by atoms with van der Waals surface area (Å²) in [7, 11) is 0. The summed E-state index contributed by atoms with van der Waals surface area (Å²) in [6, 6.07) is 13.0. The lowest BCUT2D eigenvalue weighted by molar-refractivity contribution is 0.102. The van der Waals surface area contributed by atoms with Crippen molar-refractivity contribution in [3.63, 3.8) is 0 Å². The minimum Gasteiger partial charge on any atom is -0.322 e. The summed E-state index contributed by atoms with van der Waals surface area (Å²) in [5, 5.41) is 2.79. The molecule has 0 aliphatic carbocycles. The summed E-state index contributed by atoms with van der Waals surface area (Å²) >= 11 is 0. The van der Waals surface area contributed by atoms with Crippen molar-refractivity contribution in [3.8, 4) is 22.8 Å². The second kappa shape index (κ2) is 7.99. The molecule has 5 rings (SSSR count). The van der Waals surface area contributed by atoms with E-state index in [2.05, 4.69) is 25.3 Å². The van der Waals surface area contributed by atoms with Crippen LogP contribution in [0.5, 0.6) is 0 Å². The van der Waals surface area contributed by atoms with Gasteiger partial charge in [-0.2, -0.15) is 0 Å². The largest absolute Gasteiger partial charge is 0.322 e. The number of hydrogen-bond donors (Lipinski definition) is 1. The molecule has 0 saturated carbocycles. The van der Waals surface area contributed by atoms with Gasteiger partial charge in [0.05, 0.1) is 23.0 Å². The third kappa shape index (κ3) is 3.58. The van der Waals surface area contributed by atoms with Crippen molar-refractivity contribution < 1.29 is 9.18 Å². The van der Waals surface area contributed by atoms with Crippen LogP contribution in [-0.4, -0.2) is 30.2 Å². The third-order valence-electron chi connectivity index (χ3n) is 5.08. The van der Waals surface area contributed by atoms with E-state index in [0.717, 1.165) is 16.6 Å². The Labute approximate surface area is 182 Å². The van der Waals surface area contributed by atoms with Crippen LogP contribution >= 0.6 is 0 Å². The van der Waals surface area contributed by atoms with Gasteiger partial charge in [-0.3, -0.25) is 14.2 Å². The van der Waals surface area contributed by atoms with Gasteiger partial charge in [-0.1, -0.05) is 6.07 Å². The lowest BCUT2D eigenvalue weighted by atomic mass is 10.0. The fourth-order valence-corrected chi connectivity index (χ4v) is 3.49. The second-order valence-corrected chi connectivity index (χ2v) is 7.15. The van der Waals surface area contributed by atoms with Crippen molar-refractivity contribution >= 4 is 17.1 Å². The van der Waals surface area contributed by atoms with Gasteiger partial charge in [0.25, 0.3) is 5.91 Å². The van der Waals surface area contributed by atoms with Crippen LogP contribution in [0.4, 0.5) is 10.1 Å². The number of aryl methyl sites for hydroxylation is 1. The predicted molar refractivity (Wildman–Crippen MR) is 119 cm³/mol. The van der Waals surface area contributed by atoms with Gasteiger partial charge in [-0.15, -0.1) is 0 Å². The molecule has 32 heavy (non-hydrogen) atoms. The lowest BCUT2D eigenvalue weighted by Gasteiger charge is -2.11. The van der Waals surface area contributed by atoms with Crippen LogP contribution in [0.15, 0.2) is 79.5 Å². The number of halogens is 1. The summed E-state index contributed by atoms with van der Waals surface area (Å²) in [4.78, 5) is 30.4. The molecule has 0 spiro atoms. The molecular weight excluding hydrogens is 407 g/mol. The van der Waals surface area contributed by atoms with Crippen molar-refractivity contribution in [2.45, 2.75) is 6.92 Å². The van der Waals surface area contributed by atoms with Crippen LogP contribution in [0.25, 0.3) is 28.3 Å². The Balaban J connectivity index is 1.54. The van der Waals surface area contributed by atoms with E-state index >= 15 is 0 Å². The van der Waals surface area contributed by atoms with E-state index < -0.39 is 0 Å². The van der Waals surface area contributed by atoms with Crippen molar-refractivity contribution in [1.82, 2.24) is 24.3 Å². The number of amides is 1. The third-order valence-corrected chi connectivity index (χ3v) is 5.08. The van der Waals surface area contributed by atoms with Gasteiger partial charge >= 0.3 is 0 Å². The standard InChI is InChI=1S/C24H17FN6O/c1-15-20(24(32)30-18-7-5-17(25)6-8-18)12-16(13-28-15)19-4-2-11-31-21(19)14-29-23(31)22-26-9-3-10-27-22/h2-14H,1H3,(H,30,32). The Bertz CT molecular complexity index is 1430. The molecule has 4 aromatic heterocycles. The minimum atomic E-state index is -0.364. The van der Waals surface area contributed by atoms with Gasteiger partial charge in [0, 0.05) is 41.6 Å². The molecule has 0 bridgehead atoms. The van der Waals surface area contributed by atoms with Gasteiger partial charge in [0.2, 0.25) is 0 Å². The van der Waals surface area contributed by atoms with Crippen LogP contribution < -0.4 is 5.32 Å². The van der Waals surface area contributed by atoms with Gasteiger partial charge in [0.1, 0.15) is 5.82 Å². The van der Waals surface area contributed by atoms with E-state index in [4.69, 9.17) is 0 Å². The zero-order valence-electron chi connectivity index (χ0n) is 17.0. The first kappa shape index (κ1) is 19.5. The Morgan fingerprint density at radius 2 is 1.75 bits per heavy atom. The topological polar surface area (TPSA) is 85.1 Å². The number of benzene rings is 1. The number of pyridine rings is 2. The normalized spacial score (nSPS) is 10.9. The molecule has 156 valence electrons. The molecule has 0 saturated heterocycles. The Kier molecular flexibility index (Phi) is 4.87. The summed E-state index contributed by atoms with van der Waals surface area (Å²) in [5.41, 5.74) is 4.00. The molecule has 0 aliphatic rings. The molecule has 8 heteroatoms. The highest BCUT2D eigenvalue weighted by atomic mass is 19.1. The maximum atomic E-state index is 13.2. The van der Waals surface area contributed by atoms with Crippen molar-refractivity contribution in [2.75, 3.05) is 5.32 Å². The molecule has 0 unspecified atom stereocenters. The fraction of sp³-hybridized carbons (Fsp3) is 0.0417. The Morgan fingerprint density at radius 1 is 0.969 bits per heavy atom. The molecule has 4 heterocycles. The fourth-order valence-electron chi connectivity index (χ4n) is 3.49. The zero-order valence-corrected chi connectivity index (χ0v) is 17.0. The highest BCUT2D eigenvalue weighted by Crippen LogP contribution is 2.28. The van der Waals surface area contributed by atoms with Crippen molar-refractivity contribution in [1.29, 1.82) is 0 Å². The van der Waals surface area contributed by atoms with Crippen LogP contribution in [0.2, 0.25) is 0 Å². The molecule has 1 amide bonds. The quantitative estimate of drug-likeness (QED) is 0.457. The first-order valence-electron chi connectivity index (χ1n) is 9.87. The summed E-state index contributed by atoms with van der Waals surface area (Å²) < 4.78 is 15.1. The second-order valence-electron chi connectivity index (χ2n) is 7.15. The number of hydrogen-bond acceptors (Lipinski definition) is 5. The maximum Gasteiger partial charge on any atom is 0.257 e. The summed E-state index contributed by atoms with van der Waals surface area (Å²) in [6.45, 7) is 1.77. The number of aromatic nitrogens is 5. The summed E-state index contributed by atoms with van der Waals surface area (Å²) in [6.07, 6.45) is 8.71. The van der Waals surface area contributed by atoms with Gasteiger partial charge in [0.15, 0.2) is 11.6 Å². The van der Waals surface area contributed by atoms with E-state index in [0.29, 0.717) is 28.6 Å². The number of rotatable bonds is 4. The number of nitrogens with zero attached hydrogens (tertiary/aromatic N) is 5. The average Bonchev–Trinajstić information content (AvgIpc) is 3.26. The summed E-state index contributed by atoms with van der Waals surface area (Å²) in [5.74, 6) is 0.460. The van der Waals surface area contributed by atoms with Crippen LogP contribution in [0.3, 0.4) is 0 Å². The van der Waals surface area contributed by atoms with E-state index in [1.165, 1.54) is 24.3 Å². The molecule has 0 aliphatic heterocycles. The number of imidazole rings is 1. The van der Waals surface area contributed by atoms with E-state index in [-0.39, 0.29) is 11.7 Å². The number of fused-ring (bicyclic) bond motifs is 1. The SMILES string of the molecule is Cc1ncc(-c2cccn3c(-c4ncccn4)ncc23)cc1C(=O)Nc1ccc(F)cc1. The average molecular weight is 424 g/mol. The van der Waals surface area contributed by atoms with Crippen molar-refractivity contribution in [2.24, 2.45) is 0 Å². The Morgan fingerprint density at radius 3 is 2.53 bits per heavy atom. The highest BCUT2D eigenvalue weighted by Gasteiger charge is 2.16. The van der Waals surface area contributed by atoms with Gasteiger partial charge < -0.3 is 5.32 Å². The van der Waals surface area contributed by atoms with E-state index in [9.17, 15) is 9.18 Å². The molecule has 0 radical (unpaired) electrons. The minimum absolute atomic E-state index is 0.317. The maximum absolute atomic E-state index is 13.2. The van der Waals surface area contributed by atoms with Crippen LogP contribution in [0, 0.1) is 12.7 Å². The predicted octanol–water partition coefficient (Wildman–Crippen LogP) is 4.55. The van der Waals surface area contributed by atoms with Crippen LogP contribution in [0.1, 0.15) is 16.1 Å². The van der Waals surface area contributed by atoms with Gasteiger partial charge in [-0.25, -0.2) is 19.3 Å². The van der Waals surface area contributed by atoms with Gasteiger partial charge in [-0.05, 0) is 49.4 Å². The monoisotopic (exact) mass is 424 g/mol. The molecule has 7 nitrogen and oxygen atoms in total. The zero-order chi connectivity index (χ0) is 22.1. The molecular formula is C24H17FN6O. The van der Waals surface area contributed by atoms with Crippen molar-refractivity contribution in [3.05, 3.63) is 96.6 Å². The Hall–Kier alpha value is -4.46. The lowest BCUT2D eigenvalue weighted by Crippen LogP contribution is -2.14. The van der Waals surface area contributed by atoms with Crippen LogP contribution in [-0.2, 0) is 0 Å². The molecule has 0 fully saturated rings. The number of carbonyl (C=O) groups excluding carboxylic acids is 1. The highest BCUT2D eigenvalue weighted by molar-refractivity contribution is 6.05. The first-order chi connectivity index (χ1) is 15.6. The number of anilines is 1. The first-order valence-corrected chi connectivity index (χ1v) is 9.87. The van der Waals surface area contributed by atoms with E-state index in [1.807, 2.05) is 22.7 Å². The number of carbonyl (C=O) groups is 1. The van der Waals surface area contributed by atoms with E-state index in [1.54, 1.807) is 43.8 Å². The molecule has 1 N–H and O–H groups in total. The molecule has 5 aromatic rings. The number of nitrogens with one attached hydrogen (secondary N) is 1. The smallest absolute Gasteiger partial charge is 0.257 e. The molecule has 0 atom stereocenters. The molecule has 1 aromatic carbocycles.